The van der Waals surface area contributed by atoms with E-state index in [-0.39, 0.29) is 17.5 Å². The van der Waals surface area contributed by atoms with Crippen LogP contribution < -0.4 is 21.1 Å². The third-order valence-electron chi connectivity index (χ3n) is 7.35. The predicted molar refractivity (Wildman–Crippen MR) is 150 cm³/mol. The molecule has 2 saturated heterocycles. The maximum Gasteiger partial charge on any atom is 0.290 e. The predicted octanol–water partition coefficient (Wildman–Crippen LogP) is 3.08. The molecule has 10 nitrogen and oxygen atoms in total. The molecule has 38 heavy (non-hydrogen) atoms. The minimum Gasteiger partial charge on any atom is -0.353 e. The van der Waals surface area contributed by atoms with E-state index in [0.29, 0.717) is 23.9 Å². The van der Waals surface area contributed by atoms with E-state index in [0.717, 1.165) is 59.7 Å². The van der Waals surface area contributed by atoms with Crippen LogP contribution in [0.1, 0.15) is 34.6 Å². The molecule has 0 unspecified atom stereocenters. The third-order valence-corrected chi connectivity index (χ3v) is 8.47. The first kappa shape index (κ1) is 24.6. The van der Waals surface area contributed by atoms with Gasteiger partial charge in [-0.1, -0.05) is 18.2 Å². The molecule has 2 fully saturated rings. The minimum atomic E-state index is -0.213. The van der Waals surface area contributed by atoms with Crippen LogP contribution in [-0.2, 0) is 20.6 Å². The highest BCUT2D eigenvalue weighted by molar-refractivity contribution is 7.20. The highest BCUT2D eigenvalue weighted by atomic mass is 32.1. The quantitative estimate of drug-likeness (QED) is 0.377. The van der Waals surface area contributed by atoms with Gasteiger partial charge < -0.3 is 15.5 Å². The number of hydrogen-bond donors (Lipinski definition) is 2. The van der Waals surface area contributed by atoms with Crippen LogP contribution in [0.5, 0.6) is 0 Å². The molecule has 1 amide bonds. The Morgan fingerprint density at radius 3 is 2.68 bits per heavy atom. The van der Waals surface area contributed by atoms with Gasteiger partial charge >= 0.3 is 0 Å². The molecule has 4 aromatic rings. The zero-order chi connectivity index (χ0) is 26.2. The van der Waals surface area contributed by atoms with E-state index < -0.39 is 0 Å². The fraction of sp³-hybridized carbons (Fsp3) is 0.407. The van der Waals surface area contributed by atoms with Crippen molar-refractivity contribution in [3.05, 3.63) is 63.4 Å². The van der Waals surface area contributed by atoms with Crippen molar-refractivity contribution in [3.63, 3.8) is 0 Å². The summed E-state index contributed by atoms with van der Waals surface area (Å²) in [5.74, 6) is 1.30. The molecule has 0 aliphatic carbocycles. The van der Waals surface area contributed by atoms with Crippen LogP contribution in [0.4, 0.5) is 17.3 Å². The van der Waals surface area contributed by atoms with Gasteiger partial charge in [0.2, 0.25) is 0 Å². The Bertz CT molecular complexity index is 1500. The van der Waals surface area contributed by atoms with E-state index in [2.05, 4.69) is 30.6 Å². The largest absolute Gasteiger partial charge is 0.353 e. The summed E-state index contributed by atoms with van der Waals surface area (Å²) in [6, 6.07) is 13.8. The van der Waals surface area contributed by atoms with Crippen molar-refractivity contribution in [2.24, 2.45) is 14.1 Å². The molecule has 3 aromatic heterocycles. The first-order chi connectivity index (χ1) is 18.4. The number of nitrogens with one attached hydrogen (secondary N) is 2. The second kappa shape index (κ2) is 10.2. The van der Waals surface area contributed by atoms with E-state index >= 15 is 0 Å². The molecule has 6 rings (SSSR count). The number of thiophene rings is 1. The Balaban J connectivity index is 1.16. The second-order valence-corrected chi connectivity index (χ2v) is 11.2. The fourth-order valence-corrected chi connectivity index (χ4v) is 6.08. The summed E-state index contributed by atoms with van der Waals surface area (Å²) in [7, 11) is 3.59. The molecule has 198 valence electrons. The molecule has 0 bridgehead atoms. The summed E-state index contributed by atoms with van der Waals surface area (Å²) in [5.41, 5.74) is 1.32. The molecule has 0 spiro atoms. The smallest absolute Gasteiger partial charge is 0.290 e. The Labute approximate surface area is 224 Å². The van der Waals surface area contributed by atoms with E-state index in [4.69, 9.17) is 0 Å². The zero-order valence-corrected chi connectivity index (χ0v) is 22.5. The number of fused-ring (bicyclic) bond motifs is 1. The molecule has 11 heteroatoms. The summed E-state index contributed by atoms with van der Waals surface area (Å²) < 4.78 is 4.33. The summed E-state index contributed by atoms with van der Waals surface area (Å²) in [6.45, 7) is 4.52. The van der Waals surface area contributed by atoms with E-state index in [1.807, 2.05) is 48.1 Å². The molecular weight excluding hydrogens is 500 g/mol. The number of carbonyl (C=O) groups is 1. The number of carbonyl (C=O) groups excluding carboxylic acids is 1. The Hall–Kier alpha value is -3.70. The van der Waals surface area contributed by atoms with E-state index in [9.17, 15) is 9.59 Å². The van der Waals surface area contributed by atoms with Crippen molar-refractivity contribution in [1.29, 1.82) is 0 Å². The van der Waals surface area contributed by atoms with Gasteiger partial charge in [0.05, 0.1) is 10.6 Å². The summed E-state index contributed by atoms with van der Waals surface area (Å²) in [4.78, 5) is 31.1. The number of hydrogen-bond acceptors (Lipinski definition) is 8. The summed E-state index contributed by atoms with van der Waals surface area (Å²) in [6.07, 6.45) is 3.06. The maximum atomic E-state index is 13.0. The monoisotopic (exact) mass is 532 g/mol. The van der Waals surface area contributed by atoms with Crippen molar-refractivity contribution >= 4 is 44.7 Å². The molecule has 0 radical (unpaired) electrons. The second-order valence-electron chi connectivity index (χ2n) is 10.2. The SMILES string of the molecule is Cn1nc(Nc2cc(N3CCC[C@@H](NC(=O)c4cc5ccccc5s4)C3)nn(C)c2=O)cc1CN1CCC1. The van der Waals surface area contributed by atoms with Crippen molar-refractivity contribution in [2.75, 3.05) is 36.4 Å². The van der Waals surface area contributed by atoms with Gasteiger partial charge in [0.1, 0.15) is 5.69 Å². The van der Waals surface area contributed by atoms with Crippen LogP contribution in [0, 0.1) is 0 Å². The number of rotatable bonds is 7. The van der Waals surface area contributed by atoms with Crippen molar-refractivity contribution in [2.45, 2.75) is 31.8 Å². The van der Waals surface area contributed by atoms with Gasteiger partial charge in [-0.2, -0.15) is 10.2 Å². The van der Waals surface area contributed by atoms with Crippen LogP contribution in [0.2, 0.25) is 0 Å². The lowest BCUT2D eigenvalue weighted by molar-refractivity contribution is 0.0937. The number of anilines is 3. The number of amides is 1. The molecule has 2 aliphatic rings. The van der Waals surface area contributed by atoms with Gasteiger partial charge in [-0.25, -0.2) is 4.68 Å². The van der Waals surface area contributed by atoms with E-state index in [1.54, 1.807) is 13.1 Å². The number of aryl methyl sites for hydroxylation is 2. The van der Waals surface area contributed by atoms with Gasteiger partial charge in [-0.15, -0.1) is 11.3 Å². The Morgan fingerprint density at radius 1 is 1.05 bits per heavy atom. The number of likely N-dealkylation sites (tertiary alicyclic amines) is 1. The third kappa shape index (κ3) is 5.03. The van der Waals surface area contributed by atoms with Crippen LogP contribution >= 0.6 is 11.3 Å². The van der Waals surface area contributed by atoms with Gasteiger partial charge in [-0.05, 0) is 49.9 Å². The van der Waals surface area contributed by atoms with Crippen LogP contribution in [0.15, 0.2) is 47.3 Å². The molecule has 2 N–H and O–H groups in total. The van der Waals surface area contributed by atoms with E-state index in [1.165, 1.54) is 22.4 Å². The van der Waals surface area contributed by atoms with Crippen LogP contribution in [0.25, 0.3) is 10.1 Å². The van der Waals surface area contributed by atoms with Crippen molar-refractivity contribution < 1.29 is 4.79 Å². The van der Waals surface area contributed by atoms with Gasteiger partial charge in [0.15, 0.2) is 11.6 Å². The van der Waals surface area contributed by atoms with Crippen molar-refractivity contribution in [3.8, 4) is 0 Å². The normalized spacial score (nSPS) is 17.9. The van der Waals surface area contributed by atoms with Gasteiger partial charge in [0.25, 0.3) is 11.5 Å². The van der Waals surface area contributed by atoms with Crippen molar-refractivity contribution in [1.82, 2.24) is 29.8 Å². The molecular formula is C27H32N8O2S. The van der Waals surface area contributed by atoms with Crippen LogP contribution in [-0.4, -0.2) is 62.6 Å². The van der Waals surface area contributed by atoms with Gasteiger partial charge in [-0.3, -0.25) is 19.2 Å². The average Bonchev–Trinajstić information content (AvgIpc) is 3.47. The number of nitrogens with zero attached hydrogens (tertiary/aromatic N) is 6. The summed E-state index contributed by atoms with van der Waals surface area (Å²) >= 11 is 1.51. The molecule has 2 aliphatic heterocycles. The standard InChI is InChI=1S/C27H32N8O2S/c1-32-20(17-34-10-6-11-34)14-24(30-32)29-21-15-25(31-33(2)27(21)37)35-12-5-8-19(16-35)28-26(36)23-13-18-7-3-4-9-22(18)38-23/h3-4,7,9,13-15,19H,5-6,8,10-12,16-17H2,1-2H3,(H,28,36)(H,29,30)/t19-/m1/s1. The highest BCUT2D eigenvalue weighted by Crippen LogP contribution is 2.26. The molecule has 0 saturated carbocycles. The Kier molecular flexibility index (Phi) is 6.62. The number of piperidine rings is 1. The van der Waals surface area contributed by atoms with Gasteiger partial charge in [0, 0.05) is 56.6 Å². The lowest BCUT2D eigenvalue weighted by Gasteiger charge is -2.34. The zero-order valence-electron chi connectivity index (χ0n) is 21.7. The fourth-order valence-electron chi connectivity index (χ4n) is 5.11. The first-order valence-electron chi connectivity index (χ1n) is 13.1. The Morgan fingerprint density at radius 2 is 1.89 bits per heavy atom. The van der Waals surface area contributed by atoms with Crippen LogP contribution in [0.3, 0.4) is 0 Å². The number of benzene rings is 1. The first-order valence-corrected chi connectivity index (χ1v) is 13.9. The highest BCUT2D eigenvalue weighted by Gasteiger charge is 2.25. The minimum absolute atomic E-state index is 0.00300. The topological polar surface area (TPSA) is 100 Å². The average molecular weight is 533 g/mol. The lowest BCUT2D eigenvalue weighted by atomic mass is 10.1. The molecule has 5 heterocycles. The number of aromatic nitrogens is 4. The lowest BCUT2D eigenvalue weighted by Crippen LogP contribution is -2.48. The molecule has 1 aromatic carbocycles. The molecule has 1 atom stereocenters. The maximum absolute atomic E-state index is 13.0. The summed E-state index contributed by atoms with van der Waals surface area (Å²) in [5, 5.41) is 16.6.